The van der Waals surface area contributed by atoms with Crippen molar-refractivity contribution in [2.75, 3.05) is 11.1 Å². The van der Waals surface area contributed by atoms with E-state index in [4.69, 9.17) is 11.5 Å². The molecule has 2 atom stereocenters. The molecule has 1 fully saturated rings. The Balaban J connectivity index is 2.22. The molecule has 1 amide bonds. The molecule has 2 rings (SSSR count). The van der Waals surface area contributed by atoms with Gasteiger partial charge in [0.05, 0.1) is 11.3 Å². The van der Waals surface area contributed by atoms with Gasteiger partial charge in [0.2, 0.25) is 0 Å². The molecule has 1 aliphatic rings. The van der Waals surface area contributed by atoms with Gasteiger partial charge in [0, 0.05) is 11.7 Å². The van der Waals surface area contributed by atoms with Crippen molar-refractivity contribution in [1.29, 1.82) is 0 Å². The first-order valence-corrected chi connectivity index (χ1v) is 5.68. The number of rotatable bonds is 4. The summed E-state index contributed by atoms with van der Waals surface area (Å²) in [4.78, 5) is 11.1. The third kappa shape index (κ3) is 2.33. The standard InChI is InChI=1S/C12H16FN3O/c1-2-6-3-10(6)16-11-4-7(12(15)17)9(14)5-8(11)13/h4-6,10,16H,2-3,14H2,1H3,(H2,15,17). The van der Waals surface area contributed by atoms with E-state index >= 15 is 0 Å². The van der Waals surface area contributed by atoms with Crippen LogP contribution in [-0.2, 0) is 0 Å². The Morgan fingerprint density at radius 1 is 1.59 bits per heavy atom. The summed E-state index contributed by atoms with van der Waals surface area (Å²) in [6, 6.07) is 2.81. The van der Waals surface area contributed by atoms with E-state index < -0.39 is 11.7 Å². The van der Waals surface area contributed by atoms with Crippen LogP contribution in [0.4, 0.5) is 15.8 Å². The lowest BCUT2D eigenvalue weighted by molar-refractivity contribution is 0.100. The maximum absolute atomic E-state index is 13.6. The Morgan fingerprint density at radius 3 is 2.82 bits per heavy atom. The molecule has 0 bridgehead atoms. The van der Waals surface area contributed by atoms with Gasteiger partial charge in [0.1, 0.15) is 5.82 Å². The number of nitrogens with two attached hydrogens (primary N) is 2. The van der Waals surface area contributed by atoms with Gasteiger partial charge in [-0.3, -0.25) is 4.79 Å². The number of nitrogens with one attached hydrogen (secondary N) is 1. The van der Waals surface area contributed by atoms with Crippen molar-refractivity contribution in [1.82, 2.24) is 0 Å². The lowest BCUT2D eigenvalue weighted by Crippen LogP contribution is -2.15. The van der Waals surface area contributed by atoms with Crippen LogP contribution in [-0.4, -0.2) is 11.9 Å². The fraction of sp³-hybridized carbons (Fsp3) is 0.417. The van der Waals surface area contributed by atoms with E-state index in [1.807, 2.05) is 0 Å². The topological polar surface area (TPSA) is 81.1 Å². The predicted octanol–water partition coefficient (Wildman–Crippen LogP) is 1.72. The second-order valence-corrected chi connectivity index (χ2v) is 4.44. The van der Waals surface area contributed by atoms with Gasteiger partial charge in [-0.05, 0) is 24.5 Å². The van der Waals surface area contributed by atoms with Crippen molar-refractivity contribution < 1.29 is 9.18 Å². The number of hydrogen-bond donors (Lipinski definition) is 3. The van der Waals surface area contributed by atoms with Gasteiger partial charge in [-0.2, -0.15) is 0 Å². The van der Waals surface area contributed by atoms with Gasteiger partial charge in [-0.25, -0.2) is 4.39 Å². The monoisotopic (exact) mass is 237 g/mol. The molecule has 5 heteroatoms. The second-order valence-electron chi connectivity index (χ2n) is 4.44. The predicted molar refractivity (Wildman–Crippen MR) is 65.1 cm³/mol. The summed E-state index contributed by atoms with van der Waals surface area (Å²) in [7, 11) is 0. The van der Waals surface area contributed by atoms with Crippen molar-refractivity contribution in [3.8, 4) is 0 Å². The highest BCUT2D eigenvalue weighted by molar-refractivity contribution is 5.99. The number of benzene rings is 1. The van der Waals surface area contributed by atoms with Gasteiger partial charge < -0.3 is 16.8 Å². The average Bonchev–Trinajstić information content (AvgIpc) is 3.00. The van der Waals surface area contributed by atoms with E-state index in [1.54, 1.807) is 0 Å². The van der Waals surface area contributed by atoms with Crippen LogP contribution in [0.3, 0.4) is 0 Å². The van der Waals surface area contributed by atoms with Gasteiger partial charge in [-0.15, -0.1) is 0 Å². The van der Waals surface area contributed by atoms with Crippen molar-refractivity contribution in [3.63, 3.8) is 0 Å². The van der Waals surface area contributed by atoms with Crippen LogP contribution in [0.15, 0.2) is 12.1 Å². The van der Waals surface area contributed by atoms with Crippen LogP contribution in [0.5, 0.6) is 0 Å². The minimum absolute atomic E-state index is 0.0726. The van der Waals surface area contributed by atoms with Crippen LogP contribution < -0.4 is 16.8 Å². The quantitative estimate of drug-likeness (QED) is 0.697. The highest BCUT2D eigenvalue weighted by Crippen LogP contribution is 2.37. The molecule has 4 nitrogen and oxygen atoms in total. The van der Waals surface area contributed by atoms with E-state index in [2.05, 4.69) is 12.2 Å². The molecule has 5 N–H and O–H groups in total. The number of primary amides is 1. The minimum Gasteiger partial charge on any atom is -0.398 e. The van der Waals surface area contributed by atoms with E-state index in [9.17, 15) is 9.18 Å². The van der Waals surface area contributed by atoms with Gasteiger partial charge in [0.15, 0.2) is 0 Å². The normalized spacial score (nSPS) is 22.2. The summed E-state index contributed by atoms with van der Waals surface area (Å²) in [6.07, 6.45) is 2.10. The average molecular weight is 237 g/mol. The van der Waals surface area contributed by atoms with Crippen LogP contribution in [0, 0.1) is 11.7 Å². The molecule has 2 unspecified atom stereocenters. The number of amides is 1. The summed E-state index contributed by atoms with van der Waals surface area (Å²) >= 11 is 0. The number of halogens is 1. The van der Waals surface area contributed by atoms with E-state index in [0.29, 0.717) is 17.6 Å². The second kappa shape index (κ2) is 4.24. The molecule has 0 heterocycles. The third-order valence-electron chi connectivity index (χ3n) is 3.19. The summed E-state index contributed by atoms with van der Waals surface area (Å²) in [5.41, 5.74) is 11.2. The minimum atomic E-state index is -0.645. The highest BCUT2D eigenvalue weighted by atomic mass is 19.1. The fourth-order valence-corrected chi connectivity index (χ4v) is 1.99. The van der Waals surface area contributed by atoms with Crippen molar-refractivity contribution in [3.05, 3.63) is 23.5 Å². The zero-order valence-corrected chi connectivity index (χ0v) is 9.66. The third-order valence-corrected chi connectivity index (χ3v) is 3.19. The largest absolute Gasteiger partial charge is 0.398 e. The van der Waals surface area contributed by atoms with Crippen LogP contribution in [0.2, 0.25) is 0 Å². The van der Waals surface area contributed by atoms with E-state index in [1.165, 1.54) is 6.07 Å². The number of carbonyl (C=O) groups excluding carboxylic acids is 1. The Labute approximate surface area is 99.2 Å². The molecule has 92 valence electrons. The Morgan fingerprint density at radius 2 is 2.29 bits per heavy atom. The van der Waals surface area contributed by atoms with Crippen molar-refractivity contribution >= 4 is 17.3 Å². The molecule has 1 aliphatic carbocycles. The number of nitrogen functional groups attached to an aromatic ring is 1. The molecule has 1 saturated carbocycles. The molecule has 0 aliphatic heterocycles. The number of hydrogen-bond acceptors (Lipinski definition) is 3. The van der Waals surface area contributed by atoms with Crippen molar-refractivity contribution in [2.24, 2.45) is 11.7 Å². The van der Waals surface area contributed by atoms with Crippen molar-refractivity contribution in [2.45, 2.75) is 25.8 Å². The highest BCUT2D eigenvalue weighted by Gasteiger charge is 2.35. The summed E-state index contributed by atoms with van der Waals surface area (Å²) < 4.78 is 13.6. The molecule has 0 radical (unpaired) electrons. The van der Waals surface area contributed by atoms with Crippen LogP contribution in [0.1, 0.15) is 30.1 Å². The smallest absolute Gasteiger partial charge is 0.250 e. The summed E-state index contributed by atoms with van der Waals surface area (Å²) in [6.45, 7) is 2.10. The lowest BCUT2D eigenvalue weighted by atomic mass is 10.1. The SMILES string of the molecule is CCC1CC1Nc1cc(C(N)=O)c(N)cc1F. The lowest BCUT2D eigenvalue weighted by Gasteiger charge is -2.10. The molecule has 1 aromatic rings. The van der Waals surface area contributed by atoms with Crippen LogP contribution >= 0.6 is 0 Å². The Hall–Kier alpha value is -1.78. The summed E-state index contributed by atoms with van der Waals surface area (Å²) in [5.74, 6) is -0.508. The molecule has 0 aromatic heterocycles. The maximum Gasteiger partial charge on any atom is 0.250 e. The molecular formula is C12H16FN3O. The molecule has 0 spiro atoms. The first-order chi connectivity index (χ1) is 8.02. The van der Waals surface area contributed by atoms with E-state index in [0.717, 1.165) is 18.9 Å². The number of carbonyl (C=O) groups is 1. The number of anilines is 2. The molecular weight excluding hydrogens is 221 g/mol. The zero-order valence-electron chi connectivity index (χ0n) is 9.66. The van der Waals surface area contributed by atoms with Crippen LogP contribution in [0.25, 0.3) is 0 Å². The molecule has 17 heavy (non-hydrogen) atoms. The van der Waals surface area contributed by atoms with Gasteiger partial charge in [-0.1, -0.05) is 13.3 Å². The molecule has 0 saturated heterocycles. The Bertz CT molecular complexity index is 461. The molecule has 1 aromatic carbocycles. The van der Waals surface area contributed by atoms with Gasteiger partial charge >= 0.3 is 0 Å². The first kappa shape index (κ1) is 11.7. The maximum atomic E-state index is 13.6. The van der Waals surface area contributed by atoms with Gasteiger partial charge in [0.25, 0.3) is 5.91 Å². The Kier molecular flexibility index (Phi) is 2.92. The summed E-state index contributed by atoms with van der Waals surface area (Å²) in [5, 5.41) is 3.07. The fourth-order valence-electron chi connectivity index (χ4n) is 1.99. The zero-order chi connectivity index (χ0) is 12.6. The first-order valence-electron chi connectivity index (χ1n) is 5.68. The van der Waals surface area contributed by atoms with E-state index in [-0.39, 0.29) is 11.3 Å².